The summed E-state index contributed by atoms with van der Waals surface area (Å²) >= 11 is 1.10. The molecule has 28 heavy (non-hydrogen) atoms. The molecule has 0 fully saturated rings. The summed E-state index contributed by atoms with van der Waals surface area (Å²) in [6, 6.07) is 11.9. The Morgan fingerprint density at radius 1 is 1.21 bits per heavy atom. The summed E-state index contributed by atoms with van der Waals surface area (Å²) in [4.78, 5) is 15.3. The Morgan fingerprint density at radius 3 is 2.86 bits per heavy atom. The number of halogens is 1. The number of fused-ring (bicyclic) bond motifs is 1. The SMILES string of the molecule is Cc1[nH]c2ccc(-c3nnc(SCC(=O)Nc4ccccc4F)o3)cc2c1C. The van der Waals surface area contributed by atoms with Crippen molar-refractivity contribution in [1.29, 1.82) is 0 Å². The molecule has 0 unspecified atom stereocenters. The fourth-order valence-corrected chi connectivity index (χ4v) is 3.42. The van der Waals surface area contributed by atoms with Crippen LogP contribution < -0.4 is 5.32 Å². The van der Waals surface area contributed by atoms with Crippen molar-refractivity contribution in [3.05, 3.63) is 59.5 Å². The van der Waals surface area contributed by atoms with Crippen LogP contribution in [-0.2, 0) is 4.79 Å². The average molecular weight is 396 g/mol. The Labute approximate surface area is 164 Å². The largest absolute Gasteiger partial charge is 0.411 e. The number of hydrogen-bond acceptors (Lipinski definition) is 5. The molecule has 6 nitrogen and oxygen atoms in total. The van der Waals surface area contributed by atoms with Gasteiger partial charge in [0.05, 0.1) is 11.4 Å². The number of aromatic nitrogens is 3. The topological polar surface area (TPSA) is 83.8 Å². The fourth-order valence-electron chi connectivity index (χ4n) is 2.86. The number of thioether (sulfide) groups is 1. The van der Waals surface area contributed by atoms with Crippen molar-refractivity contribution in [2.24, 2.45) is 0 Å². The van der Waals surface area contributed by atoms with Crippen molar-refractivity contribution in [3.63, 3.8) is 0 Å². The molecule has 0 saturated carbocycles. The van der Waals surface area contributed by atoms with Crippen LogP contribution in [0.2, 0.25) is 0 Å². The molecule has 0 radical (unpaired) electrons. The third-order valence-corrected chi connectivity index (χ3v) is 5.25. The van der Waals surface area contributed by atoms with Crippen LogP contribution in [0.4, 0.5) is 10.1 Å². The van der Waals surface area contributed by atoms with Gasteiger partial charge in [0.25, 0.3) is 5.22 Å². The number of para-hydroxylation sites is 1. The maximum absolute atomic E-state index is 13.6. The first kappa shape index (κ1) is 18.2. The molecule has 2 heterocycles. The van der Waals surface area contributed by atoms with Crippen molar-refractivity contribution in [3.8, 4) is 11.5 Å². The van der Waals surface area contributed by atoms with Gasteiger partial charge in [0.15, 0.2) is 0 Å². The van der Waals surface area contributed by atoms with Crippen molar-refractivity contribution >= 4 is 34.3 Å². The van der Waals surface area contributed by atoms with E-state index in [-0.39, 0.29) is 22.6 Å². The summed E-state index contributed by atoms with van der Waals surface area (Å²) in [5.41, 5.74) is 4.30. The van der Waals surface area contributed by atoms with Crippen LogP contribution in [0.25, 0.3) is 22.4 Å². The number of aryl methyl sites for hydroxylation is 2. The number of H-pyrrole nitrogens is 1. The third kappa shape index (κ3) is 3.63. The number of amides is 1. The van der Waals surface area contributed by atoms with Gasteiger partial charge in [-0.15, -0.1) is 10.2 Å². The predicted octanol–water partition coefficient (Wildman–Crippen LogP) is 4.70. The van der Waals surface area contributed by atoms with Gasteiger partial charge in [-0.2, -0.15) is 0 Å². The zero-order valence-corrected chi connectivity index (χ0v) is 16.1. The van der Waals surface area contributed by atoms with Crippen molar-refractivity contribution < 1.29 is 13.6 Å². The van der Waals surface area contributed by atoms with Gasteiger partial charge in [-0.05, 0) is 49.7 Å². The Hall–Kier alpha value is -3.13. The molecule has 0 spiro atoms. The van der Waals surface area contributed by atoms with E-state index in [4.69, 9.17) is 4.42 Å². The van der Waals surface area contributed by atoms with Crippen molar-refractivity contribution in [2.75, 3.05) is 11.1 Å². The minimum absolute atomic E-state index is 0.0329. The minimum atomic E-state index is -0.480. The first-order chi connectivity index (χ1) is 13.5. The maximum atomic E-state index is 13.6. The number of hydrogen-bond donors (Lipinski definition) is 2. The Kier molecular flexibility index (Phi) is 4.87. The number of benzene rings is 2. The summed E-state index contributed by atoms with van der Waals surface area (Å²) in [7, 11) is 0. The van der Waals surface area contributed by atoms with E-state index in [2.05, 4.69) is 27.4 Å². The second kappa shape index (κ2) is 7.47. The van der Waals surface area contributed by atoms with Crippen LogP contribution in [0.3, 0.4) is 0 Å². The minimum Gasteiger partial charge on any atom is -0.411 e. The quantitative estimate of drug-likeness (QED) is 0.478. The summed E-state index contributed by atoms with van der Waals surface area (Å²) in [6.07, 6.45) is 0. The highest BCUT2D eigenvalue weighted by Crippen LogP contribution is 2.28. The smallest absolute Gasteiger partial charge is 0.277 e. The third-order valence-electron chi connectivity index (χ3n) is 4.44. The van der Waals surface area contributed by atoms with Gasteiger partial charge in [0.2, 0.25) is 11.8 Å². The van der Waals surface area contributed by atoms with E-state index < -0.39 is 5.82 Å². The molecule has 8 heteroatoms. The molecule has 4 aromatic rings. The normalized spacial score (nSPS) is 11.1. The van der Waals surface area contributed by atoms with E-state index >= 15 is 0 Å². The van der Waals surface area contributed by atoms with Gasteiger partial charge in [-0.3, -0.25) is 4.79 Å². The van der Waals surface area contributed by atoms with Gasteiger partial charge in [0.1, 0.15) is 5.82 Å². The predicted molar refractivity (Wildman–Crippen MR) is 107 cm³/mol. The van der Waals surface area contributed by atoms with E-state index in [0.717, 1.165) is 33.9 Å². The summed E-state index contributed by atoms with van der Waals surface area (Å²) in [5.74, 6) is -0.413. The molecule has 2 N–H and O–H groups in total. The molecule has 0 aliphatic rings. The van der Waals surface area contributed by atoms with Crippen LogP contribution in [0.15, 0.2) is 52.1 Å². The molecule has 1 amide bonds. The molecule has 2 aromatic heterocycles. The zero-order valence-electron chi connectivity index (χ0n) is 15.2. The molecular formula is C20H17FN4O2S. The lowest BCUT2D eigenvalue weighted by Gasteiger charge is -2.04. The monoisotopic (exact) mass is 396 g/mol. The number of nitrogens with one attached hydrogen (secondary N) is 2. The van der Waals surface area contributed by atoms with Crippen molar-refractivity contribution in [1.82, 2.24) is 15.2 Å². The highest BCUT2D eigenvalue weighted by Gasteiger charge is 2.14. The molecule has 2 aromatic carbocycles. The summed E-state index contributed by atoms with van der Waals surface area (Å²) in [6.45, 7) is 4.09. The maximum Gasteiger partial charge on any atom is 0.277 e. The van der Waals surface area contributed by atoms with Gasteiger partial charge < -0.3 is 14.7 Å². The number of carbonyl (C=O) groups is 1. The van der Waals surface area contributed by atoms with E-state index in [9.17, 15) is 9.18 Å². The first-order valence-electron chi connectivity index (χ1n) is 8.61. The number of aromatic amines is 1. The molecular weight excluding hydrogens is 379 g/mol. The molecule has 0 aliphatic carbocycles. The van der Waals surface area contributed by atoms with Crippen LogP contribution in [0, 0.1) is 19.7 Å². The van der Waals surface area contributed by atoms with Crippen LogP contribution in [-0.4, -0.2) is 26.8 Å². The Balaban J connectivity index is 1.44. The van der Waals surface area contributed by atoms with Crippen molar-refractivity contribution in [2.45, 2.75) is 19.1 Å². The van der Waals surface area contributed by atoms with E-state index in [1.54, 1.807) is 12.1 Å². The fraction of sp³-hybridized carbons (Fsp3) is 0.150. The van der Waals surface area contributed by atoms with E-state index in [1.165, 1.54) is 17.7 Å². The van der Waals surface area contributed by atoms with E-state index in [0.29, 0.717) is 5.89 Å². The average Bonchev–Trinajstić information content (AvgIpc) is 3.27. The number of rotatable bonds is 5. The molecule has 4 rings (SSSR count). The molecule has 0 atom stereocenters. The Morgan fingerprint density at radius 2 is 2.04 bits per heavy atom. The summed E-state index contributed by atoms with van der Waals surface area (Å²) in [5, 5.41) is 11.9. The van der Waals surface area contributed by atoms with Crippen LogP contribution in [0.1, 0.15) is 11.3 Å². The lowest BCUT2D eigenvalue weighted by Crippen LogP contribution is -2.14. The molecule has 0 aliphatic heterocycles. The second-order valence-electron chi connectivity index (χ2n) is 6.33. The molecule has 142 valence electrons. The van der Waals surface area contributed by atoms with Gasteiger partial charge in [-0.1, -0.05) is 23.9 Å². The van der Waals surface area contributed by atoms with Crippen LogP contribution in [0.5, 0.6) is 0 Å². The van der Waals surface area contributed by atoms with Gasteiger partial charge in [0, 0.05) is 22.2 Å². The number of carbonyl (C=O) groups excluding carboxylic acids is 1. The number of nitrogens with zero attached hydrogens (tertiary/aromatic N) is 2. The lowest BCUT2D eigenvalue weighted by molar-refractivity contribution is -0.113. The molecule has 0 saturated heterocycles. The zero-order chi connectivity index (χ0) is 19.7. The van der Waals surface area contributed by atoms with Gasteiger partial charge >= 0.3 is 0 Å². The van der Waals surface area contributed by atoms with Crippen LogP contribution >= 0.6 is 11.8 Å². The second-order valence-corrected chi connectivity index (χ2v) is 7.25. The first-order valence-corrected chi connectivity index (χ1v) is 9.60. The highest BCUT2D eigenvalue weighted by atomic mass is 32.2. The molecule has 0 bridgehead atoms. The Bertz CT molecular complexity index is 1170. The summed E-state index contributed by atoms with van der Waals surface area (Å²) < 4.78 is 19.2. The van der Waals surface area contributed by atoms with Gasteiger partial charge in [-0.25, -0.2) is 4.39 Å². The number of anilines is 1. The standard InChI is InChI=1S/C20H17FN4O2S/c1-11-12(2)22-16-8-7-13(9-14(11)16)19-24-25-20(27-19)28-10-18(26)23-17-6-4-3-5-15(17)21/h3-9,22H,10H2,1-2H3,(H,23,26). The van der Waals surface area contributed by atoms with E-state index in [1.807, 2.05) is 25.1 Å². The highest BCUT2D eigenvalue weighted by molar-refractivity contribution is 7.99. The lowest BCUT2D eigenvalue weighted by atomic mass is 10.1.